The topological polar surface area (TPSA) is 106 Å². The van der Waals surface area contributed by atoms with Crippen LogP contribution in [0.4, 0.5) is 5.69 Å². The molecule has 0 bridgehead atoms. The molecule has 1 atom stereocenters. The number of hydrogen-bond donors (Lipinski definition) is 1. The summed E-state index contributed by atoms with van der Waals surface area (Å²) in [6.07, 6.45) is 1.52. The van der Waals surface area contributed by atoms with Crippen LogP contribution in [0.3, 0.4) is 0 Å². The van der Waals surface area contributed by atoms with Crippen LogP contribution in [-0.4, -0.2) is 44.5 Å². The summed E-state index contributed by atoms with van der Waals surface area (Å²) in [5, 5.41) is 19.8. The summed E-state index contributed by atoms with van der Waals surface area (Å²) >= 11 is 0. The molecule has 1 unspecified atom stereocenters. The van der Waals surface area contributed by atoms with E-state index in [0.717, 1.165) is 11.0 Å². The fourth-order valence-corrected chi connectivity index (χ4v) is 1.97. The highest BCUT2D eigenvalue weighted by Gasteiger charge is 2.28. The van der Waals surface area contributed by atoms with Gasteiger partial charge in [-0.05, 0) is 13.3 Å². The van der Waals surface area contributed by atoms with Crippen LogP contribution < -0.4 is 0 Å². The van der Waals surface area contributed by atoms with Crippen molar-refractivity contribution in [3.63, 3.8) is 0 Å². The molecular formula is C12H17N3O5. The lowest BCUT2D eigenvalue weighted by Crippen LogP contribution is -2.42. The van der Waals surface area contributed by atoms with Gasteiger partial charge in [0.15, 0.2) is 0 Å². The van der Waals surface area contributed by atoms with Crippen LogP contribution >= 0.6 is 0 Å². The van der Waals surface area contributed by atoms with Gasteiger partial charge in [-0.15, -0.1) is 0 Å². The molecule has 1 rings (SSSR count). The molecule has 0 aromatic carbocycles. The van der Waals surface area contributed by atoms with Gasteiger partial charge in [0.2, 0.25) is 0 Å². The molecule has 1 amide bonds. The normalized spacial score (nSPS) is 11.9. The average Bonchev–Trinajstić information content (AvgIpc) is 2.82. The van der Waals surface area contributed by atoms with E-state index in [4.69, 9.17) is 5.11 Å². The maximum absolute atomic E-state index is 12.3. The number of carbonyl (C=O) groups excluding carboxylic acids is 1. The second-order valence-electron chi connectivity index (χ2n) is 4.31. The molecule has 110 valence electrons. The van der Waals surface area contributed by atoms with Crippen LogP contribution in [0, 0.1) is 10.1 Å². The Labute approximate surface area is 115 Å². The van der Waals surface area contributed by atoms with Gasteiger partial charge in [-0.2, -0.15) is 0 Å². The lowest BCUT2D eigenvalue weighted by molar-refractivity contribution is -0.384. The zero-order valence-electron chi connectivity index (χ0n) is 11.6. The van der Waals surface area contributed by atoms with Crippen LogP contribution in [0.25, 0.3) is 0 Å². The van der Waals surface area contributed by atoms with Crippen molar-refractivity contribution in [2.24, 2.45) is 0 Å². The number of hydrogen-bond acceptors (Lipinski definition) is 4. The van der Waals surface area contributed by atoms with Gasteiger partial charge in [0.05, 0.1) is 11.1 Å². The van der Waals surface area contributed by atoms with Crippen molar-refractivity contribution in [1.82, 2.24) is 9.47 Å². The predicted molar refractivity (Wildman–Crippen MR) is 70.6 cm³/mol. The number of aryl methyl sites for hydroxylation is 1. The molecule has 0 aliphatic carbocycles. The van der Waals surface area contributed by atoms with Crippen molar-refractivity contribution in [2.75, 3.05) is 7.05 Å². The van der Waals surface area contributed by atoms with E-state index in [9.17, 15) is 19.7 Å². The van der Waals surface area contributed by atoms with Gasteiger partial charge in [0, 0.05) is 19.7 Å². The van der Waals surface area contributed by atoms with E-state index >= 15 is 0 Å². The highest BCUT2D eigenvalue weighted by Crippen LogP contribution is 2.19. The smallest absolute Gasteiger partial charge is 0.326 e. The van der Waals surface area contributed by atoms with Crippen LogP contribution in [0.5, 0.6) is 0 Å². The summed E-state index contributed by atoms with van der Waals surface area (Å²) in [4.78, 5) is 34.6. The van der Waals surface area contributed by atoms with Crippen LogP contribution in [0.15, 0.2) is 12.3 Å². The SMILES string of the molecule is CCC(C(=O)O)N(C)C(=O)c1cc([N+](=O)[O-])cn1CC. The third-order valence-electron chi connectivity index (χ3n) is 3.11. The van der Waals surface area contributed by atoms with Gasteiger partial charge in [0.1, 0.15) is 11.7 Å². The summed E-state index contributed by atoms with van der Waals surface area (Å²) < 4.78 is 1.44. The zero-order chi connectivity index (χ0) is 15.4. The summed E-state index contributed by atoms with van der Waals surface area (Å²) in [5.74, 6) is -1.65. The van der Waals surface area contributed by atoms with E-state index in [-0.39, 0.29) is 17.8 Å². The van der Waals surface area contributed by atoms with Crippen LogP contribution in [0.1, 0.15) is 30.8 Å². The van der Waals surface area contributed by atoms with Crippen molar-refractivity contribution in [1.29, 1.82) is 0 Å². The number of rotatable bonds is 6. The predicted octanol–water partition coefficient (Wildman–Crippen LogP) is 1.35. The first kappa shape index (κ1) is 15.7. The molecule has 8 heteroatoms. The van der Waals surface area contributed by atoms with E-state index in [1.165, 1.54) is 17.8 Å². The van der Waals surface area contributed by atoms with Gasteiger partial charge >= 0.3 is 5.97 Å². The third kappa shape index (κ3) is 2.95. The van der Waals surface area contributed by atoms with Crippen molar-refractivity contribution < 1.29 is 19.6 Å². The fourth-order valence-electron chi connectivity index (χ4n) is 1.97. The molecule has 20 heavy (non-hydrogen) atoms. The maximum Gasteiger partial charge on any atom is 0.326 e. The molecular weight excluding hydrogens is 266 g/mol. The van der Waals surface area contributed by atoms with E-state index in [1.54, 1.807) is 13.8 Å². The monoisotopic (exact) mass is 283 g/mol. The lowest BCUT2D eigenvalue weighted by atomic mass is 10.2. The van der Waals surface area contributed by atoms with E-state index in [2.05, 4.69) is 0 Å². The molecule has 0 fully saturated rings. The molecule has 0 aliphatic rings. The number of amides is 1. The van der Waals surface area contributed by atoms with E-state index in [1.807, 2.05) is 0 Å². The summed E-state index contributed by atoms with van der Waals surface area (Å²) in [7, 11) is 1.38. The molecule has 1 aromatic rings. The molecule has 1 heterocycles. The van der Waals surface area contributed by atoms with Crippen molar-refractivity contribution in [2.45, 2.75) is 32.9 Å². The van der Waals surface area contributed by atoms with Crippen molar-refractivity contribution >= 4 is 17.6 Å². The number of nitro groups is 1. The number of carbonyl (C=O) groups is 2. The number of likely N-dealkylation sites (N-methyl/N-ethyl adjacent to an activating group) is 1. The molecule has 0 saturated carbocycles. The molecule has 1 N–H and O–H groups in total. The second kappa shape index (κ2) is 6.18. The summed E-state index contributed by atoms with van der Waals surface area (Å²) in [6.45, 7) is 3.78. The van der Waals surface area contributed by atoms with Crippen molar-refractivity contribution in [3.8, 4) is 0 Å². The minimum atomic E-state index is -1.10. The second-order valence-corrected chi connectivity index (χ2v) is 4.31. The molecule has 0 aliphatic heterocycles. The number of aromatic nitrogens is 1. The Balaban J connectivity index is 3.13. The number of carboxylic acid groups (broad SMARTS) is 1. The Morgan fingerprint density at radius 2 is 2.10 bits per heavy atom. The Bertz CT molecular complexity index is 537. The quantitative estimate of drug-likeness (QED) is 0.626. The largest absolute Gasteiger partial charge is 0.480 e. The number of carboxylic acids is 1. The molecule has 0 radical (unpaired) electrons. The zero-order valence-corrected chi connectivity index (χ0v) is 11.6. The minimum absolute atomic E-state index is 0.112. The van der Waals surface area contributed by atoms with Crippen LogP contribution in [-0.2, 0) is 11.3 Å². The Morgan fingerprint density at radius 1 is 1.50 bits per heavy atom. The third-order valence-corrected chi connectivity index (χ3v) is 3.11. The highest BCUT2D eigenvalue weighted by molar-refractivity contribution is 5.95. The highest BCUT2D eigenvalue weighted by atomic mass is 16.6. The molecule has 1 aromatic heterocycles. The molecule has 0 spiro atoms. The fraction of sp³-hybridized carbons (Fsp3) is 0.500. The number of nitrogens with zero attached hydrogens (tertiary/aromatic N) is 3. The van der Waals surface area contributed by atoms with Crippen molar-refractivity contribution in [3.05, 3.63) is 28.1 Å². The van der Waals surface area contributed by atoms with Gasteiger partial charge < -0.3 is 14.6 Å². The van der Waals surface area contributed by atoms with Crippen LogP contribution in [0.2, 0.25) is 0 Å². The average molecular weight is 283 g/mol. The molecule has 0 saturated heterocycles. The Morgan fingerprint density at radius 3 is 2.50 bits per heavy atom. The van der Waals surface area contributed by atoms with Gasteiger partial charge in [-0.25, -0.2) is 4.79 Å². The Hall–Kier alpha value is -2.38. The first-order chi connectivity index (χ1) is 9.33. The van der Waals surface area contributed by atoms with E-state index < -0.39 is 22.8 Å². The molecule has 8 nitrogen and oxygen atoms in total. The maximum atomic E-state index is 12.3. The first-order valence-corrected chi connectivity index (χ1v) is 6.17. The summed E-state index contributed by atoms with van der Waals surface area (Å²) in [5.41, 5.74) is -0.0756. The minimum Gasteiger partial charge on any atom is -0.480 e. The lowest BCUT2D eigenvalue weighted by Gasteiger charge is -2.24. The van der Waals surface area contributed by atoms with E-state index in [0.29, 0.717) is 6.54 Å². The van der Waals surface area contributed by atoms with Gasteiger partial charge in [0.25, 0.3) is 11.6 Å². The standard InChI is InChI=1S/C12H17N3O5/c1-4-9(12(17)18)13(3)11(16)10-6-8(15(19)20)7-14(10)5-2/h6-7,9H,4-5H2,1-3H3,(H,17,18). The van der Waals surface area contributed by atoms with Gasteiger partial charge in [-0.1, -0.05) is 6.92 Å². The number of aliphatic carboxylic acids is 1. The summed E-state index contributed by atoms with van der Waals surface area (Å²) in [6, 6.07) is 0.207. The van der Waals surface area contributed by atoms with Gasteiger partial charge in [-0.3, -0.25) is 14.9 Å². The first-order valence-electron chi connectivity index (χ1n) is 6.17. The Kier molecular flexibility index (Phi) is 4.84.